The standard InChI is InChI=1S/C21H25NO/c1-17-8-7-9-18(14-17)15-21(23)22-13-6-5-12-20(16-22)19-10-3-2-4-11-19/h2-4,7-11,14,20H,5-6,12-13,15-16H2,1H3. The molecule has 0 saturated carbocycles. The van der Waals surface area contributed by atoms with Crippen molar-refractivity contribution in [2.24, 2.45) is 0 Å². The predicted octanol–water partition coefficient (Wildman–Crippen LogP) is 4.33. The van der Waals surface area contributed by atoms with E-state index in [-0.39, 0.29) is 5.91 Å². The molecule has 0 N–H and O–H groups in total. The van der Waals surface area contributed by atoms with Crippen molar-refractivity contribution >= 4 is 5.91 Å². The van der Waals surface area contributed by atoms with Crippen LogP contribution in [-0.4, -0.2) is 23.9 Å². The number of nitrogens with zero attached hydrogens (tertiary/aromatic N) is 1. The number of amides is 1. The highest BCUT2D eigenvalue weighted by Gasteiger charge is 2.23. The highest BCUT2D eigenvalue weighted by atomic mass is 16.2. The van der Waals surface area contributed by atoms with Gasteiger partial charge in [-0.3, -0.25) is 4.79 Å². The summed E-state index contributed by atoms with van der Waals surface area (Å²) in [6.45, 7) is 3.83. The van der Waals surface area contributed by atoms with Crippen LogP contribution in [0.4, 0.5) is 0 Å². The van der Waals surface area contributed by atoms with Crippen LogP contribution in [0.25, 0.3) is 0 Å². The number of carbonyl (C=O) groups excluding carboxylic acids is 1. The summed E-state index contributed by atoms with van der Waals surface area (Å²) in [6.07, 6.45) is 4.01. The van der Waals surface area contributed by atoms with Gasteiger partial charge < -0.3 is 4.90 Å². The molecule has 1 aliphatic rings. The lowest BCUT2D eigenvalue weighted by Gasteiger charge is -2.25. The quantitative estimate of drug-likeness (QED) is 0.826. The summed E-state index contributed by atoms with van der Waals surface area (Å²) in [5.41, 5.74) is 3.70. The largest absolute Gasteiger partial charge is 0.342 e. The van der Waals surface area contributed by atoms with Crippen molar-refractivity contribution in [1.29, 1.82) is 0 Å². The van der Waals surface area contributed by atoms with Crippen molar-refractivity contribution in [2.45, 2.75) is 38.5 Å². The van der Waals surface area contributed by atoms with E-state index < -0.39 is 0 Å². The Balaban J connectivity index is 1.69. The van der Waals surface area contributed by atoms with E-state index in [0.29, 0.717) is 12.3 Å². The van der Waals surface area contributed by atoms with Crippen LogP contribution in [0.2, 0.25) is 0 Å². The number of hydrogen-bond donors (Lipinski definition) is 0. The Hall–Kier alpha value is -2.09. The van der Waals surface area contributed by atoms with Crippen LogP contribution >= 0.6 is 0 Å². The second-order valence-corrected chi connectivity index (χ2v) is 6.61. The van der Waals surface area contributed by atoms with Gasteiger partial charge in [0, 0.05) is 19.0 Å². The van der Waals surface area contributed by atoms with Gasteiger partial charge in [-0.05, 0) is 30.9 Å². The fourth-order valence-corrected chi connectivity index (χ4v) is 3.47. The molecule has 0 aromatic heterocycles. The van der Waals surface area contributed by atoms with Gasteiger partial charge in [-0.25, -0.2) is 0 Å². The molecule has 0 bridgehead atoms. The highest BCUT2D eigenvalue weighted by molar-refractivity contribution is 5.79. The number of aryl methyl sites for hydroxylation is 1. The van der Waals surface area contributed by atoms with E-state index in [1.165, 1.54) is 24.0 Å². The van der Waals surface area contributed by atoms with Crippen LogP contribution in [0.5, 0.6) is 0 Å². The third-order valence-corrected chi connectivity index (χ3v) is 4.73. The van der Waals surface area contributed by atoms with Crippen LogP contribution in [0.1, 0.15) is 41.9 Å². The minimum atomic E-state index is 0.262. The zero-order valence-corrected chi connectivity index (χ0v) is 13.9. The van der Waals surface area contributed by atoms with Crippen molar-refractivity contribution in [1.82, 2.24) is 4.90 Å². The smallest absolute Gasteiger partial charge is 0.227 e. The maximum Gasteiger partial charge on any atom is 0.227 e. The first kappa shape index (κ1) is 15.8. The summed E-state index contributed by atoms with van der Waals surface area (Å²) < 4.78 is 0. The summed E-state index contributed by atoms with van der Waals surface area (Å²) in [5, 5.41) is 0. The monoisotopic (exact) mass is 307 g/mol. The Morgan fingerprint density at radius 3 is 2.70 bits per heavy atom. The molecule has 2 nitrogen and oxygen atoms in total. The summed E-state index contributed by atoms with van der Waals surface area (Å²) in [4.78, 5) is 14.8. The number of likely N-dealkylation sites (tertiary alicyclic amines) is 1. The summed E-state index contributed by atoms with van der Waals surface area (Å²) >= 11 is 0. The fourth-order valence-electron chi connectivity index (χ4n) is 3.47. The lowest BCUT2D eigenvalue weighted by molar-refractivity contribution is -0.130. The molecular formula is C21H25NO. The summed E-state index contributed by atoms with van der Waals surface area (Å²) in [5.74, 6) is 0.735. The van der Waals surface area contributed by atoms with E-state index in [2.05, 4.69) is 60.4 Å². The van der Waals surface area contributed by atoms with E-state index >= 15 is 0 Å². The van der Waals surface area contributed by atoms with Gasteiger partial charge in [-0.15, -0.1) is 0 Å². The number of rotatable bonds is 3. The molecule has 120 valence electrons. The molecule has 23 heavy (non-hydrogen) atoms. The van der Waals surface area contributed by atoms with E-state index in [0.717, 1.165) is 25.1 Å². The molecule has 1 saturated heterocycles. The van der Waals surface area contributed by atoms with E-state index in [4.69, 9.17) is 0 Å². The molecule has 1 aliphatic heterocycles. The Kier molecular flexibility index (Phi) is 5.12. The minimum Gasteiger partial charge on any atom is -0.342 e. The fraction of sp³-hybridized carbons (Fsp3) is 0.381. The van der Waals surface area contributed by atoms with E-state index in [1.54, 1.807) is 0 Å². The van der Waals surface area contributed by atoms with Gasteiger partial charge in [0.1, 0.15) is 0 Å². The van der Waals surface area contributed by atoms with Crippen molar-refractivity contribution < 1.29 is 4.79 Å². The van der Waals surface area contributed by atoms with Crippen LogP contribution in [0, 0.1) is 6.92 Å². The maximum atomic E-state index is 12.7. The van der Waals surface area contributed by atoms with Gasteiger partial charge >= 0.3 is 0 Å². The van der Waals surface area contributed by atoms with Gasteiger partial charge in [-0.2, -0.15) is 0 Å². The second kappa shape index (κ2) is 7.45. The summed E-state index contributed by atoms with van der Waals surface area (Å²) in [7, 11) is 0. The first-order valence-electron chi connectivity index (χ1n) is 8.60. The predicted molar refractivity (Wildman–Crippen MR) is 94.5 cm³/mol. The van der Waals surface area contributed by atoms with Crippen molar-refractivity contribution in [3.05, 3.63) is 71.3 Å². The SMILES string of the molecule is Cc1cccc(CC(=O)N2CCCCC(c3ccccc3)C2)c1. The van der Waals surface area contributed by atoms with Crippen LogP contribution in [-0.2, 0) is 11.2 Å². The lowest BCUT2D eigenvalue weighted by atomic mass is 9.94. The molecule has 2 aromatic carbocycles. The van der Waals surface area contributed by atoms with Crippen molar-refractivity contribution in [3.63, 3.8) is 0 Å². The Morgan fingerprint density at radius 2 is 1.91 bits per heavy atom. The van der Waals surface area contributed by atoms with Crippen molar-refractivity contribution in [3.8, 4) is 0 Å². The number of carbonyl (C=O) groups is 1. The third-order valence-electron chi connectivity index (χ3n) is 4.73. The number of hydrogen-bond acceptors (Lipinski definition) is 1. The molecule has 2 heteroatoms. The Morgan fingerprint density at radius 1 is 1.09 bits per heavy atom. The second-order valence-electron chi connectivity index (χ2n) is 6.61. The van der Waals surface area contributed by atoms with Gasteiger partial charge in [0.15, 0.2) is 0 Å². The van der Waals surface area contributed by atoms with Crippen LogP contribution in [0.3, 0.4) is 0 Å². The molecule has 1 amide bonds. The average molecular weight is 307 g/mol. The Labute approximate surface area is 139 Å². The molecule has 0 aliphatic carbocycles. The Bertz CT molecular complexity index is 650. The third kappa shape index (κ3) is 4.22. The van der Waals surface area contributed by atoms with Gasteiger partial charge in [0.25, 0.3) is 0 Å². The summed E-state index contributed by atoms with van der Waals surface area (Å²) in [6, 6.07) is 18.9. The maximum absolute atomic E-state index is 12.7. The molecule has 0 radical (unpaired) electrons. The van der Waals surface area contributed by atoms with Crippen LogP contribution < -0.4 is 0 Å². The molecule has 2 aromatic rings. The molecule has 1 heterocycles. The molecule has 3 rings (SSSR count). The minimum absolute atomic E-state index is 0.262. The zero-order chi connectivity index (χ0) is 16.1. The van der Waals surface area contributed by atoms with Crippen LogP contribution in [0.15, 0.2) is 54.6 Å². The molecule has 1 atom stereocenters. The number of benzene rings is 2. The first-order valence-corrected chi connectivity index (χ1v) is 8.60. The normalized spacial score (nSPS) is 18.5. The molecule has 1 unspecified atom stereocenters. The molecule has 0 spiro atoms. The zero-order valence-electron chi connectivity index (χ0n) is 13.9. The average Bonchev–Trinajstić information content (AvgIpc) is 2.82. The van der Waals surface area contributed by atoms with Gasteiger partial charge in [0.2, 0.25) is 5.91 Å². The lowest BCUT2D eigenvalue weighted by Crippen LogP contribution is -2.35. The van der Waals surface area contributed by atoms with E-state index in [9.17, 15) is 4.79 Å². The van der Waals surface area contributed by atoms with Gasteiger partial charge in [-0.1, -0.05) is 66.6 Å². The van der Waals surface area contributed by atoms with Crippen molar-refractivity contribution in [2.75, 3.05) is 13.1 Å². The van der Waals surface area contributed by atoms with E-state index in [1.807, 2.05) is 6.07 Å². The topological polar surface area (TPSA) is 20.3 Å². The molecular weight excluding hydrogens is 282 g/mol. The molecule has 1 fully saturated rings. The highest BCUT2D eigenvalue weighted by Crippen LogP contribution is 2.26. The first-order chi connectivity index (χ1) is 11.2. The van der Waals surface area contributed by atoms with Gasteiger partial charge in [0.05, 0.1) is 6.42 Å².